The highest BCUT2D eigenvalue weighted by Gasteiger charge is 2.24. The van der Waals surface area contributed by atoms with Crippen LogP contribution in [-0.4, -0.2) is 16.5 Å². The Morgan fingerprint density at radius 1 is 1.00 bits per heavy atom. The van der Waals surface area contributed by atoms with Gasteiger partial charge in [0.25, 0.3) is 0 Å². The van der Waals surface area contributed by atoms with Crippen molar-refractivity contribution in [3.63, 3.8) is 0 Å². The fraction of sp³-hybridized carbons (Fsp3) is 0.136. The van der Waals surface area contributed by atoms with E-state index in [0.29, 0.717) is 6.29 Å². The molecule has 0 aliphatic rings. The minimum atomic E-state index is -0.726. The molecule has 0 saturated heterocycles. The number of carbonyl (C=O) groups is 1. The van der Waals surface area contributed by atoms with Crippen LogP contribution < -0.4 is 0 Å². The molecule has 0 aliphatic heterocycles. The number of ether oxygens (including phenoxy) is 1. The zero-order chi connectivity index (χ0) is 20.3. The smallest absolute Gasteiger partial charge is 0.168 e. The lowest BCUT2D eigenvalue weighted by atomic mass is 9.90. The Labute approximate surface area is 160 Å². The molecule has 0 heterocycles. The minimum absolute atomic E-state index is 0.113. The molecule has 0 aliphatic carbocycles. The van der Waals surface area contributed by atoms with Crippen molar-refractivity contribution in [3.8, 4) is 22.6 Å². The lowest BCUT2D eigenvalue weighted by Crippen LogP contribution is -2.05. The molecule has 0 bridgehead atoms. The summed E-state index contributed by atoms with van der Waals surface area (Å²) in [5.74, 6) is -2.58. The Balaban J connectivity index is 2.10. The van der Waals surface area contributed by atoms with Gasteiger partial charge in [-0.1, -0.05) is 30.3 Å². The maximum absolute atomic E-state index is 14.4. The summed E-state index contributed by atoms with van der Waals surface area (Å²) in [4.78, 5) is 11.6. The van der Waals surface area contributed by atoms with Crippen LogP contribution in [0.3, 0.4) is 0 Å². The quantitative estimate of drug-likeness (QED) is 0.470. The second-order valence-corrected chi connectivity index (χ2v) is 6.31. The van der Waals surface area contributed by atoms with Gasteiger partial charge in [-0.15, -0.1) is 0 Å². The van der Waals surface area contributed by atoms with Crippen molar-refractivity contribution in [3.05, 3.63) is 82.4 Å². The van der Waals surface area contributed by atoms with Gasteiger partial charge in [-0.3, -0.25) is 4.79 Å². The van der Waals surface area contributed by atoms with E-state index in [1.165, 1.54) is 6.92 Å². The summed E-state index contributed by atoms with van der Waals surface area (Å²) in [7, 11) is 0. The number of rotatable bonds is 6. The average Bonchev–Trinajstić information content (AvgIpc) is 2.70. The molecular formula is C22H18F2O4. The number of aldehydes is 1. The predicted molar refractivity (Wildman–Crippen MR) is 100 cm³/mol. The standard InChI is InChI=1S/C22H18F2O4/c1-13-20(16-9-15(23)7-8-19(16)24)18(17(10-25)22(27)21(13)26)12-28-11-14-5-3-2-4-6-14/h2-10,26-27H,11-12H2,1H3. The van der Waals surface area contributed by atoms with Gasteiger partial charge < -0.3 is 14.9 Å². The number of phenolic OH excluding ortho intramolecular Hbond substituents is 2. The summed E-state index contributed by atoms with van der Waals surface area (Å²) >= 11 is 0. The maximum atomic E-state index is 14.4. The van der Waals surface area contributed by atoms with Crippen molar-refractivity contribution in [1.29, 1.82) is 0 Å². The first-order valence-electron chi connectivity index (χ1n) is 8.53. The van der Waals surface area contributed by atoms with Crippen LogP contribution in [0, 0.1) is 18.6 Å². The lowest BCUT2D eigenvalue weighted by molar-refractivity contribution is 0.103. The van der Waals surface area contributed by atoms with E-state index >= 15 is 0 Å². The van der Waals surface area contributed by atoms with Crippen LogP contribution in [0.2, 0.25) is 0 Å². The maximum Gasteiger partial charge on any atom is 0.168 e. The molecule has 144 valence electrons. The third-order valence-electron chi connectivity index (χ3n) is 4.51. The molecule has 0 atom stereocenters. The number of halogens is 2. The zero-order valence-corrected chi connectivity index (χ0v) is 15.1. The van der Waals surface area contributed by atoms with E-state index in [9.17, 15) is 23.8 Å². The van der Waals surface area contributed by atoms with E-state index < -0.39 is 23.1 Å². The van der Waals surface area contributed by atoms with Gasteiger partial charge in [0.1, 0.15) is 11.6 Å². The van der Waals surface area contributed by atoms with E-state index in [2.05, 4.69) is 0 Å². The highest BCUT2D eigenvalue weighted by molar-refractivity contribution is 5.90. The lowest BCUT2D eigenvalue weighted by Gasteiger charge is -2.19. The van der Waals surface area contributed by atoms with Crippen LogP contribution in [0.5, 0.6) is 11.5 Å². The van der Waals surface area contributed by atoms with E-state index in [-0.39, 0.29) is 41.0 Å². The van der Waals surface area contributed by atoms with Crippen molar-refractivity contribution >= 4 is 6.29 Å². The molecule has 3 aromatic rings. The number of carbonyl (C=O) groups excluding carboxylic acids is 1. The van der Waals surface area contributed by atoms with Gasteiger partial charge in [0.05, 0.1) is 18.8 Å². The Morgan fingerprint density at radius 3 is 2.39 bits per heavy atom. The number of hydrogen-bond donors (Lipinski definition) is 2. The van der Waals surface area contributed by atoms with Crippen molar-refractivity contribution in [2.45, 2.75) is 20.1 Å². The van der Waals surface area contributed by atoms with Crippen LogP contribution in [0.4, 0.5) is 8.78 Å². The monoisotopic (exact) mass is 384 g/mol. The molecule has 0 aromatic heterocycles. The predicted octanol–water partition coefficient (Wildman–Crippen LogP) is 4.88. The molecule has 0 unspecified atom stereocenters. The van der Waals surface area contributed by atoms with Crippen molar-refractivity contribution < 1.29 is 28.5 Å². The van der Waals surface area contributed by atoms with E-state index in [1.807, 2.05) is 30.3 Å². The molecule has 0 saturated carbocycles. The van der Waals surface area contributed by atoms with Gasteiger partial charge in [0.2, 0.25) is 0 Å². The summed E-state index contributed by atoms with van der Waals surface area (Å²) in [6.07, 6.45) is 0.358. The first-order chi connectivity index (χ1) is 13.4. The normalized spacial score (nSPS) is 10.8. The van der Waals surface area contributed by atoms with Gasteiger partial charge in [0, 0.05) is 16.7 Å². The van der Waals surface area contributed by atoms with Gasteiger partial charge in [-0.25, -0.2) is 8.78 Å². The largest absolute Gasteiger partial charge is 0.504 e. The molecule has 28 heavy (non-hydrogen) atoms. The second-order valence-electron chi connectivity index (χ2n) is 6.31. The molecule has 4 nitrogen and oxygen atoms in total. The Hall–Kier alpha value is -3.25. The Morgan fingerprint density at radius 2 is 1.71 bits per heavy atom. The summed E-state index contributed by atoms with van der Waals surface area (Å²) < 4.78 is 33.8. The summed E-state index contributed by atoms with van der Waals surface area (Å²) in [5.41, 5.74) is 0.925. The van der Waals surface area contributed by atoms with E-state index in [4.69, 9.17) is 4.74 Å². The number of benzene rings is 3. The summed E-state index contributed by atoms with van der Waals surface area (Å²) in [6, 6.07) is 12.2. The number of phenols is 2. The topological polar surface area (TPSA) is 66.8 Å². The molecule has 0 spiro atoms. The molecule has 2 N–H and O–H groups in total. The average molecular weight is 384 g/mol. The first kappa shape index (κ1) is 19.5. The van der Waals surface area contributed by atoms with Crippen LogP contribution in [-0.2, 0) is 18.0 Å². The number of hydrogen-bond acceptors (Lipinski definition) is 4. The van der Waals surface area contributed by atoms with Crippen molar-refractivity contribution in [2.75, 3.05) is 0 Å². The van der Waals surface area contributed by atoms with Crippen LogP contribution in [0.1, 0.15) is 27.0 Å². The molecule has 3 rings (SSSR count). The Bertz CT molecular complexity index is 1020. The van der Waals surface area contributed by atoms with Gasteiger partial charge in [-0.05, 0) is 36.2 Å². The third-order valence-corrected chi connectivity index (χ3v) is 4.51. The molecule has 6 heteroatoms. The first-order valence-corrected chi connectivity index (χ1v) is 8.53. The van der Waals surface area contributed by atoms with E-state index in [0.717, 1.165) is 23.8 Å². The minimum Gasteiger partial charge on any atom is -0.504 e. The highest BCUT2D eigenvalue weighted by Crippen LogP contribution is 2.43. The fourth-order valence-corrected chi connectivity index (χ4v) is 3.10. The molecule has 0 radical (unpaired) electrons. The third kappa shape index (κ3) is 3.73. The molecule has 0 fully saturated rings. The highest BCUT2D eigenvalue weighted by atomic mass is 19.1. The molecular weight excluding hydrogens is 366 g/mol. The number of aromatic hydroxyl groups is 2. The van der Waals surface area contributed by atoms with Crippen molar-refractivity contribution in [2.24, 2.45) is 0 Å². The van der Waals surface area contributed by atoms with Gasteiger partial charge in [0.15, 0.2) is 17.8 Å². The van der Waals surface area contributed by atoms with Crippen LogP contribution in [0.25, 0.3) is 11.1 Å². The zero-order valence-electron chi connectivity index (χ0n) is 15.1. The van der Waals surface area contributed by atoms with Gasteiger partial charge in [-0.2, -0.15) is 0 Å². The van der Waals surface area contributed by atoms with Crippen LogP contribution >= 0.6 is 0 Å². The van der Waals surface area contributed by atoms with E-state index in [1.54, 1.807) is 0 Å². The fourth-order valence-electron chi connectivity index (χ4n) is 3.10. The van der Waals surface area contributed by atoms with Gasteiger partial charge >= 0.3 is 0 Å². The summed E-state index contributed by atoms with van der Waals surface area (Å²) in [6.45, 7) is 1.51. The molecule has 3 aromatic carbocycles. The van der Waals surface area contributed by atoms with Crippen molar-refractivity contribution in [1.82, 2.24) is 0 Å². The second kappa shape index (κ2) is 8.19. The molecule has 0 amide bonds. The Kier molecular flexibility index (Phi) is 5.70. The summed E-state index contributed by atoms with van der Waals surface area (Å²) in [5, 5.41) is 20.3. The van der Waals surface area contributed by atoms with Crippen LogP contribution in [0.15, 0.2) is 48.5 Å². The SMILES string of the molecule is Cc1c(O)c(O)c(C=O)c(COCc2ccccc2)c1-c1cc(F)ccc1F.